The predicted octanol–water partition coefficient (Wildman–Crippen LogP) is 6.96. The van der Waals surface area contributed by atoms with Crippen LogP contribution in [0.3, 0.4) is 0 Å². The third kappa shape index (κ3) is 3.85. The highest BCUT2D eigenvalue weighted by Crippen LogP contribution is 2.26. The van der Waals surface area contributed by atoms with Crippen LogP contribution in [0.1, 0.15) is 37.8 Å². The van der Waals surface area contributed by atoms with E-state index in [1.54, 1.807) is 0 Å². The lowest BCUT2D eigenvalue weighted by Gasteiger charge is -2.18. The Labute approximate surface area is 160 Å². The van der Waals surface area contributed by atoms with Crippen LogP contribution >= 0.6 is 0 Å². The normalized spacial score (nSPS) is 12.1. The van der Waals surface area contributed by atoms with E-state index in [9.17, 15) is 0 Å². The van der Waals surface area contributed by atoms with Gasteiger partial charge in [0, 0.05) is 6.08 Å². The summed E-state index contributed by atoms with van der Waals surface area (Å²) >= 11 is 0. The zero-order valence-electron chi connectivity index (χ0n) is 15.9. The zero-order chi connectivity index (χ0) is 18.9. The van der Waals surface area contributed by atoms with E-state index in [0.29, 0.717) is 5.89 Å². The van der Waals surface area contributed by atoms with E-state index >= 15 is 0 Å². The molecule has 0 amide bonds. The lowest BCUT2D eigenvalue weighted by molar-refractivity contribution is 0.589. The Hall–Kier alpha value is -3.13. The van der Waals surface area contributed by atoms with Gasteiger partial charge < -0.3 is 4.42 Å². The van der Waals surface area contributed by atoms with E-state index in [0.717, 1.165) is 22.2 Å². The van der Waals surface area contributed by atoms with Gasteiger partial charge in [0.2, 0.25) is 5.89 Å². The van der Waals surface area contributed by atoms with Crippen LogP contribution in [0.4, 0.5) is 0 Å². The summed E-state index contributed by atoms with van der Waals surface area (Å²) < 4.78 is 5.86. The zero-order valence-corrected chi connectivity index (χ0v) is 15.9. The van der Waals surface area contributed by atoms with Crippen LogP contribution in [0.5, 0.6) is 0 Å². The number of aromatic nitrogens is 1. The SMILES string of the molecule is CC(C)(C)c1ccc(C=Cc2nc3cc(-c4ccccc4)ccc3o2)cc1. The maximum atomic E-state index is 5.86. The first-order chi connectivity index (χ1) is 13.0. The average Bonchev–Trinajstić information content (AvgIpc) is 3.09. The number of fused-ring (bicyclic) bond motifs is 1. The summed E-state index contributed by atoms with van der Waals surface area (Å²) in [6.07, 6.45) is 3.96. The Morgan fingerprint density at radius 3 is 2.22 bits per heavy atom. The second kappa shape index (κ2) is 6.88. The molecule has 3 aromatic carbocycles. The Bertz CT molecular complexity index is 1080. The smallest absolute Gasteiger partial charge is 0.220 e. The first kappa shape index (κ1) is 17.3. The molecule has 1 heterocycles. The molecule has 0 saturated heterocycles. The van der Waals surface area contributed by atoms with E-state index in [2.05, 4.69) is 74.3 Å². The van der Waals surface area contributed by atoms with Crippen LogP contribution < -0.4 is 0 Å². The highest BCUT2D eigenvalue weighted by molar-refractivity contribution is 5.82. The third-order valence-corrected chi connectivity index (χ3v) is 4.71. The van der Waals surface area contributed by atoms with Gasteiger partial charge in [-0.2, -0.15) is 0 Å². The molecule has 0 saturated carbocycles. The maximum absolute atomic E-state index is 5.86. The average molecular weight is 353 g/mol. The van der Waals surface area contributed by atoms with Crippen molar-refractivity contribution in [1.82, 2.24) is 4.98 Å². The minimum Gasteiger partial charge on any atom is -0.437 e. The van der Waals surface area contributed by atoms with Crippen molar-refractivity contribution in [2.24, 2.45) is 0 Å². The fourth-order valence-corrected chi connectivity index (χ4v) is 3.09. The van der Waals surface area contributed by atoms with Gasteiger partial charge in [-0.1, -0.05) is 81.4 Å². The molecule has 1 aromatic heterocycles. The van der Waals surface area contributed by atoms with E-state index in [1.807, 2.05) is 36.4 Å². The maximum Gasteiger partial charge on any atom is 0.220 e. The van der Waals surface area contributed by atoms with Crippen molar-refractivity contribution in [3.63, 3.8) is 0 Å². The van der Waals surface area contributed by atoms with Crippen molar-refractivity contribution in [2.45, 2.75) is 26.2 Å². The Kier molecular flexibility index (Phi) is 4.41. The van der Waals surface area contributed by atoms with Gasteiger partial charge in [0.05, 0.1) is 0 Å². The summed E-state index contributed by atoms with van der Waals surface area (Å²) in [5, 5.41) is 0. The summed E-state index contributed by atoms with van der Waals surface area (Å²) in [5.74, 6) is 0.620. The molecule has 0 bridgehead atoms. The fourth-order valence-electron chi connectivity index (χ4n) is 3.09. The van der Waals surface area contributed by atoms with Crippen LogP contribution in [0.25, 0.3) is 34.4 Å². The molecule has 27 heavy (non-hydrogen) atoms. The molecule has 0 aliphatic carbocycles. The molecular formula is C25H23NO. The molecule has 0 N–H and O–H groups in total. The van der Waals surface area contributed by atoms with Crippen molar-refractivity contribution in [1.29, 1.82) is 0 Å². The Balaban J connectivity index is 1.58. The molecule has 0 atom stereocenters. The first-order valence-electron chi connectivity index (χ1n) is 9.24. The summed E-state index contributed by atoms with van der Waals surface area (Å²) in [5.41, 5.74) is 6.63. The van der Waals surface area contributed by atoms with Crippen LogP contribution in [-0.2, 0) is 5.41 Å². The molecule has 0 aliphatic heterocycles. The quantitative estimate of drug-likeness (QED) is 0.398. The highest BCUT2D eigenvalue weighted by Gasteiger charge is 2.12. The molecule has 0 fully saturated rings. The number of oxazole rings is 1. The van der Waals surface area contributed by atoms with Gasteiger partial charge in [0.1, 0.15) is 5.52 Å². The monoisotopic (exact) mass is 353 g/mol. The topological polar surface area (TPSA) is 26.0 Å². The third-order valence-electron chi connectivity index (χ3n) is 4.71. The number of nitrogens with zero attached hydrogens (tertiary/aromatic N) is 1. The summed E-state index contributed by atoms with van der Waals surface area (Å²) in [6.45, 7) is 6.67. The van der Waals surface area contributed by atoms with Gasteiger partial charge >= 0.3 is 0 Å². The van der Waals surface area contributed by atoms with Crippen molar-refractivity contribution >= 4 is 23.3 Å². The summed E-state index contributed by atoms with van der Waals surface area (Å²) in [7, 11) is 0. The van der Waals surface area contributed by atoms with Crippen molar-refractivity contribution < 1.29 is 4.42 Å². The van der Waals surface area contributed by atoms with Gasteiger partial charge in [-0.05, 0) is 45.9 Å². The van der Waals surface area contributed by atoms with Crippen LogP contribution in [0.2, 0.25) is 0 Å². The van der Waals surface area contributed by atoms with E-state index < -0.39 is 0 Å². The van der Waals surface area contributed by atoms with Gasteiger partial charge in [0.15, 0.2) is 5.58 Å². The van der Waals surface area contributed by atoms with Gasteiger partial charge in [-0.25, -0.2) is 4.98 Å². The highest BCUT2D eigenvalue weighted by atomic mass is 16.3. The summed E-state index contributed by atoms with van der Waals surface area (Å²) in [6, 6.07) is 25.1. The number of hydrogen-bond acceptors (Lipinski definition) is 2. The molecule has 0 radical (unpaired) electrons. The van der Waals surface area contributed by atoms with Gasteiger partial charge in [-0.3, -0.25) is 0 Å². The van der Waals surface area contributed by atoms with Crippen LogP contribution in [0, 0.1) is 0 Å². The molecule has 134 valence electrons. The lowest BCUT2D eigenvalue weighted by Crippen LogP contribution is -2.10. The fraction of sp³-hybridized carbons (Fsp3) is 0.160. The van der Waals surface area contributed by atoms with Crippen LogP contribution in [0.15, 0.2) is 77.2 Å². The number of benzene rings is 3. The second-order valence-electron chi connectivity index (χ2n) is 7.81. The molecule has 0 unspecified atom stereocenters. The molecule has 0 spiro atoms. The standard InChI is InChI=1S/C25H23NO/c1-25(2,3)21-13-9-18(10-14-21)11-16-24-26-22-17-20(12-15-23(22)27-24)19-7-5-4-6-8-19/h4-17H,1-3H3. The largest absolute Gasteiger partial charge is 0.437 e. The van der Waals surface area contributed by atoms with E-state index in [4.69, 9.17) is 4.42 Å². The molecule has 0 aliphatic rings. The number of hydrogen-bond donors (Lipinski definition) is 0. The first-order valence-corrected chi connectivity index (χ1v) is 9.24. The van der Waals surface area contributed by atoms with Gasteiger partial charge in [-0.15, -0.1) is 0 Å². The Morgan fingerprint density at radius 2 is 1.52 bits per heavy atom. The minimum absolute atomic E-state index is 0.166. The molecule has 2 nitrogen and oxygen atoms in total. The van der Waals surface area contributed by atoms with E-state index in [-0.39, 0.29) is 5.41 Å². The molecule has 4 rings (SSSR count). The second-order valence-corrected chi connectivity index (χ2v) is 7.81. The van der Waals surface area contributed by atoms with Gasteiger partial charge in [0.25, 0.3) is 0 Å². The summed E-state index contributed by atoms with van der Waals surface area (Å²) in [4.78, 5) is 4.62. The van der Waals surface area contributed by atoms with E-state index in [1.165, 1.54) is 11.1 Å². The molecule has 4 aromatic rings. The van der Waals surface area contributed by atoms with Crippen molar-refractivity contribution in [3.05, 3.63) is 89.8 Å². The molecular weight excluding hydrogens is 330 g/mol. The van der Waals surface area contributed by atoms with Crippen molar-refractivity contribution in [3.8, 4) is 11.1 Å². The predicted molar refractivity (Wildman–Crippen MR) is 114 cm³/mol. The minimum atomic E-state index is 0.166. The Morgan fingerprint density at radius 1 is 0.778 bits per heavy atom. The number of rotatable bonds is 3. The van der Waals surface area contributed by atoms with Crippen LogP contribution in [-0.4, -0.2) is 4.98 Å². The lowest BCUT2D eigenvalue weighted by atomic mass is 9.87. The molecule has 2 heteroatoms. The van der Waals surface area contributed by atoms with Crippen molar-refractivity contribution in [2.75, 3.05) is 0 Å².